The Morgan fingerprint density at radius 3 is 2.36 bits per heavy atom. The van der Waals surface area contributed by atoms with Crippen LogP contribution in [0.15, 0.2) is 24.3 Å². The third-order valence-corrected chi connectivity index (χ3v) is 5.96. The van der Waals surface area contributed by atoms with Gasteiger partial charge >= 0.3 is 0 Å². The lowest BCUT2D eigenvalue weighted by Gasteiger charge is -2.32. The normalized spacial score (nSPS) is 17.6. The molecular weight excluding hydrogens is 302 g/mol. The Morgan fingerprint density at radius 1 is 1.23 bits per heavy atom. The largest absolute Gasteiger partial charge is 0.326 e. The lowest BCUT2D eigenvalue weighted by molar-refractivity contribution is -0.120. The maximum atomic E-state index is 12.3. The van der Waals surface area contributed by atoms with Gasteiger partial charge in [0.1, 0.15) is 0 Å². The fourth-order valence-corrected chi connectivity index (χ4v) is 3.66. The van der Waals surface area contributed by atoms with Crippen molar-refractivity contribution in [2.24, 2.45) is 5.92 Å². The van der Waals surface area contributed by atoms with Crippen molar-refractivity contribution >= 4 is 21.8 Å². The Kier molecular flexibility index (Phi) is 5.20. The van der Waals surface area contributed by atoms with Crippen molar-refractivity contribution in [1.29, 1.82) is 0 Å². The fraction of sp³-hybridized carbons (Fsp3) is 0.533. The molecule has 1 fully saturated rings. The minimum atomic E-state index is -3.38. The van der Waals surface area contributed by atoms with E-state index in [1.165, 1.54) is 22.7 Å². The zero-order valence-electron chi connectivity index (χ0n) is 13.2. The number of anilines is 1. The fourth-order valence-electron chi connectivity index (χ4n) is 2.53. The van der Waals surface area contributed by atoms with Crippen LogP contribution in [0.1, 0.15) is 18.4 Å². The molecule has 0 aliphatic carbocycles. The summed E-state index contributed by atoms with van der Waals surface area (Å²) in [6.45, 7) is 2.71. The number of benzene rings is 1. The van der Waals surface area contributed by atoms with E-state index >= 15 is 0 Å². The van der Waals surface area contributed by atoms with Gasteiger partial charge in [0.15, 0.2) is 0 Å². The lowest BCUT2D eigenvalue weighted by atomic mass is 9.97. The van der Waals surface area contributed by atoms with E-state index in [9.17, 15) is 13.2 Å². The number of rotatable bonds is 4. The van der Waals surface area contributed by atoms with Crippen molar-refractivity contribution in [3.05, 3.63) is 29.8 Å². The van der Waals surface area contributed by atoms with Crippen LogP contribution in [0.4, 0.5) is 5.69 Å². The second-order valence-corrected chi connectivity index (χ2v) is 7.91. The molecule has 122 valence electrons. The highest BCUT2D eigenvalue weighted by Crippen LogP contribution is 2.23. The number of carbonyl (C=O) groups excluding carboxylic acids is 1. The number of nitrogens with one attached hydrogen (secondary N) is 1. The standard InChI is InChI=1S/C15H23N3O3S/c1-12-6-4-5-7-14(12)16-15(19)13-8-10-18(11-9-13)22(20,21)17(2)3/h4-7,13H,8-11H2,1-3H3,(H,16,19). The predicted octanol–water partition coefficient (Wildman–Crippen LogP) is 1.45. The van der Waals surface area contributed by atoms with E-state index in [0.717, 1.165) is 11.3 Å². The van der Waals surface area contributed by atoms with Crippen molar-refractivity contribution in [3.63, 3.8) is 0 Å². The van der Waals surface area contributed by atoms with Gasteiger partial charge in [0.2, 0.25) is 5.91 Å². The number of piperidine rings is 1. The molecule has 0 saturated carbocycles. The highest BCUT2D eigenvalue weighted by atomic mass is 32.2. The van der Waals surface area contributed by atoms with Gasteiger partial charge in [-0.15, -0.1) is 0 Å². The van der Waals surface area contributed by atoms with E-state index in [-0.39, 0.29) is 11.8 Å². The number of carbonyl (C=O) groups is 1. The average Bonchev–Trinajstić information content (AvgIpc) is 2.49. The number of para-hydroxylation sites is 1. The monoisotopic (exact) mass is 325 g/mol. The smallest absolute Gasteiger partial charge is 0.281 e. The second-order valence-electron chi connectivity index (χ2n) is 5.77. The van der Waals surface area contributed by atoms with Gasteiger partial charge in [-0.1, -0.05) is 18.2 Å². The third-order valence-electron chi connectivity index (χ3n) is 4.02. The van der Waals surface area contributed by atoms with Gasteiger partial charge in [-0.2, -0.15) is 17.0 Å². The first kappa shape index (κ1) is 16.9. The van der Waals surface area contributed by atoms with E-state index in [2.05, 4.69) is 5.32 Å². The Hall–Kier alpha value is -1.44. The van der Waals surface area contributed by atoms with Crippen LogP contribution < -0.4 is 5.32 Å². The van der Waals surface area contributed by atoms with Gasteiger partial charge in [0.05, 0.1) is 0 Å². The van der Waals surface area contributed by atoms with Crippen molar-refractivity contribution in [1.82, 2.24) is 8.61 Å². The van der Waals surface area contributed by atoms with Crippen LogP contribution in [-0.2, 0) is 15.0 Å². The summed E-state index contributed by atoms with van der Waals surface area (Å²) in [5, 5.41) is 2.94. The molecule has 0 radical (unpaired) electrons. The van der Waals surface area contributed by atoms with E-state index in [1.54, 1.807) is 0 Å². The molecule has 7 heteroatoms. The second kappa shape index (κ2) is 6.76. The Labute approximate surface area is 132 Å². The number of hydrogen-bond donors (Lipinski definition) is 1. The zero-order chi connectivity index (χ0) is 16.3. The van der Waals surface area contributed by atoms with Gasteiger partial charge in [-0.05, 0) is 31.4 Å². The molecule has 22 heavy (non-hydrogen) atoms. The van der Waals surface area contributed by atoms with Crippen LogP contribution >= 0.6 is 0 Å². The van der Waals surface area contributed by atoms with Crippen LogP contribution in [0.3, 0.4) is 0 Å². The van der Waals surface area contributed by atoms with Gasteiger partial charge in [-0.25, -0.2) is 0 Å². The molecule has 1 saturated heterocycles. The maximum Gasteiger partial charge on any atom is 0.281 e. The summed E-state index contributed by atoms with van der Waals surface area (Å²) >= 11 is 0. The predicted molar refractivity (Wildman–Crippen MR) is 86.7 cm³/mol. The highest BCUT2D eigenvalue weighted by molar-refractivity contribution is 7.86. The molecule has 2 rings (SSSR count). The first-order chi connectivity index (χ1) is 10.3. The van der Waals surface area contributed by atoms with E-state index in [0.29, 0.717) is 25.9 Å². The molecule has 1 aromatic rings. The van der Waals surface area contributed by atoms with Crippen LogP contribution in [0.25, 0.3) is 0 Å². The van der Waals surface area contributed by atoms with Crippen molar-refractivity contribution < 1.29 is 13.2 Å². The summed E-state index contributed by atoms with van der Waals surface area (Å²) in [6.07, 6.45) is 1.09. The third kappa shape index (κ3) is 3.66. The lowest BCUT2D eigenvalue weighted by Crippen LogP contribution is -2.46. The quantitative estimate of drug-likeness (QED) is 0.911. The van der Waals surface area contributed by atoms with Gasteiger partial charge in [-0.3, -0.25) is 4.79 Å². The Bertz CT molecular complexity index is 635. The molecule has 1 N–H and O–H groups in total. The van der Waals surface area contributed by atoms with Crippen molar-refractivity contribution in [2.45, 2.75) is 19.8 Å². The van der Waals surface area contributed by atoms with Crippen LogP contribution in [0, 0.1) is 12.8 Å². The molecule has 1 heterocycles. The van der Waals surface area contributed by atoms with Crippen LogP contribution in [0.5, 0.6) is 0 Å². The summed E-state index contributed by atoms with van der Waals surface area (Å²) in [5.41, 5.74) is 1.83. The number of hydrogen-bond acceptors (Lipinski definition) is 3. The van der Waals surface area contributed by atoms with Crippen LogP contribution in [-0.4, -0.2) is 50.1 Å². The minimum absolute atomic E-state index is 0.0313. The van der Waals surface area contributed by atoms with Crippen molar-refractivity contribution in [3.8, 4) is 0 Å². The average molecular weight is 325 g/mol. The molecule has 0 atom stereocenters. The summed E-state index contributed by atoms with van der Waals surface area (Å²) in [7, 11) is -0.339. The molecular formula is C15H23N3O3S. The summed E-state index contributed by atoms with van der Waals surface area (Å²) in [4.78, 5) is 12.3. The van der Waals surface area contributed by atoms with E-state index in [1.807, 2.05) is 31.2 Å². The summed E-state index contributed by atoms with van der Waals surface area (Å²) < 4.78 is 26.7. The highest BCUT2D eigenvalue weighted by Gasteiger charge is 2.32. The van der Waals surface area contributed by atoms with Gasteiger partial charge in [0, 0.05) is 38.8 Å². The van der Waals surface area contributed by atoms with Gasteiger partial charge < -0.3 is 5.32 Å². The summed E-state index contributed by atoms with van der Waals surface area (Å²) in [5.74, 6) is -0.176. The molecule has 1 amide bonds. The topological polar surface area (TPSA) is 69.7 Å². The first-order valence-corrected chi connectivity index (χ1v) is 8.76. The molecule has 6 nitrogen and oxygen atoms in total. The Balaban J connectivity index is 1.95. The molecule has 0 spiro atoms. The molecule has 1 aromatic carbocycles. The maximum absolute atomic E-state index is 12.3. The number of amides is 1. The molecule has 0 unspecified atom stereocenters. The SMILES string of the molecule is Cc1ccccc1NC(=O)C1CCN(S(=O)(=O)N(C)C)CC1. The molecule has 1 aliphatic heterocycles. The molecule has 0 aromatic heterocycles. The van der Waals surface area contributed by atoms with Crippen LogP contribution in [0.2, 0.25) is 0 Å². The molecule has 0 bridgehead atoms. The van der Waals surface area contributed by atoms with E-state index < -0.39 is 10.2 Å². The van der Waals surface area contributed by atoms with Crippen molar-refractivity contribution in [2.75, 3.05) is 32.5 Å². The Morgan fingerprint density at radius 2 is 1.82 bits per heavy atom. The molecule has 1 aliphatic rings. The van der Waals surface area contributed by atoms with E-state index in [4.69, 9.17) is 0 Å². The number of nitrogens with zero attached hydrogens (tertiary/aromatic N) is 2. The number of aryl methyl sites for hydroxylation is 1. The summed E-state index contributed by atoms with van der Waals surface area (Å²) in [6, 6.07) is 7.63. The minimum Gasteiger partial charge on any atom is -0.326 e. The first-order valence-electron chi connectivity index (χ1n) is 7.36. The van der Waals surface area contributed by atoms with Gasteiger partial charge in [0.25, 0.3) is 10.2 Å². The zero-order valence-corrected chi connectivity index (χ0v) is 14.1.